The Hall–Kier alpha value is -3.65. The molecule has 0 atom stereocenters. The van der Waals surface area contributed by atoms with Crippen LogP contribution in [0.25, 0.3) is 22.0 Å². The number of hydrogen-bond acceptors (Lipinski definition) is 4. The van der Waals surface area contributed by atoms with Crippen molar-refractivity contribution in [3.63, 3.8) is 0 Å². The SMILES string of the molecule is CS(=O)(=O)Nc1ccc2[nH]nc(NC(=O)Cc3ccc(-c4ccccc4)cc3)c2c1. The number of sulfonamides is 1. The number of carbonyl (C=O) groups excluding carboxylic acids is 1. The second-order valence-corrected chi connectivity index (χ2v) is 8.74. The lowest BCUT2D eigenvalue weighted by atomic mass is 10.0. The molecule has 0 saturated heterocycles. The first-order chi connectivity index (χ1) is 14.4. The van der Waals surface area contributed by atoms with Crippen molar-refractivity contribution in [3.05, 3.63) is 78.4 Å². The number of benzene rings is 3. The number of anilines is 2. The van der Waals surface area contributed by atoms with Gasteiger partial charge in [0.1, 0.15) is 0 Å². The minimum Gasteiger partial charge on any atom is -0.308 e. The van der Waals surface area contributed by atoms with Gasteiger partial charge in [0, 0.05) is 11.1 Å². The molecule has 0 aliphatic rings. The van der Waals surface area contributed by atoms with E-state index in [1.807, 2.05) is 54.6 Å². The maximum absolute atomic E-state index is 12.5. The second kappa shape index (κ2) is 8.00. The Morgan fingerprint density at radius 3 is 2.37 bits per heavy atom. The summed E-state index contributed by atoms with van der Waals surface area (Å²) in [5, 5.41) is 10.4. The minimum absolute atomic E-state index is 0.199. The van der Waals surface area contributed by atoms with E-state index in [1.165, 1.54) is 0 Å². The van der Waals surface area contributed by atoms with Gasteiger partial charge in [0.15, 0.2) is 5.82 Å². The van der Waals surface area contributed by atoms with Gasteiger partial charge in [-0.15, -0.1) is 0 Å². The Morgan fingerprint density at radius 1 is 0.967 bits per heavy atom. The van der Waals surface area contributed by atoms with Gasteiger partial charge in [-0.05, 0) is 34.9 Å². The maximum Gasteiger partial charge on any atom is 0.230 e. The molecule has 1 heterocycles. The van der Waals surface area contributed by atoms with Crippen LogP contribution in [0.3, 0.4) is 0 Å². The maximum atomic E-state index is 12.5. The number of hydrogen-bond donors (Lipinski definition) is 3. The average Bonchev–Trinajstić information content (AvgIpc) is 3.10. The van der Waals surface area contributed by atoms with Crippen molar-refractivity contribution in [2.45, 2.75) is 6.42 Å². The number of carbonyl (C=O) groups is 1. The lowest BCUT2D eigenvalue weighted by molar-refractivity contribution is -0.115. The normalized spacial score (nSPS) is 11.4. The van der Waals surface area contributed by atoms with Crippen LogP contribution < -0.4 is 10.0 Å². The molecule has 3 N–H and O–H groups in total. The van der Waals surface area contributed by atoms with E-state index in [0.717, 1.165) is 22.9 Å². The third-order valence-electron chi connectivity index (χ3n) is 4.55. The van der Waals surface area contributed by atoms with Gasteiger partial charge in [0.2, 0.25) is 15.9 Å². The van der Waals surface area contributed by atoms with Gasteiger partial charge in [0.05, 0.1) is 18.2 Å². The zero-order valence-electron chi connectivity index (χ0n) is 16.2. The van der Waals surface area contributed by atoms with Crippen molar-refractivity contribution < 1.29 is 13.2 Å². The Kier molecular flexibility index (Phi) is 5.24. The monoisotopic (exact) mass is 420 g/mol. The Labute approximate surface area is 174 Å². The number of nitrogens with zero attached hydrogens (tertiary/aromatic N) is 1. The van der Waals surface area contributed by atoms with Gasteiger partial charge < -0.3 is 5.32 Å². The molecule has 0 fully saturated rings. The Morgan fingerprint density at radius 2 is 1.67 bits per heavy atom. The first-order valence-electron chi connectivity index (χ1n) is 9.27. The average molecular weight is 420 g/mol. The molecule has 1 amide bonds. The first-order valence-corrected chi connectivity index (χ1v) is 11.2. The standard InChI is InChI=1S/C22H20N4O3S/c1-30(28,29)26-18-11-12-20-19(14-18)22(25-24-20)23-21(27)13-15-7-9-17(10-8-15)16-5-3-2-4-6-16/h2-12,14,26H,13H2,1H3,(H2,23,24,25,27). The second-order valence-electron chi connectivity index (χ2n) is 6.99. The number of H-pyrrole nitrogens is 1. The molecular weight excluding hydrogens is 400 g/mol. The minimum atomic E-state index is -3.40. The molecule has 0 saturated carbocycles. The summed E-state index contributed by atoms with van der Waals surface area (Å²) < 4.78 is 25.3. The number of aromatic nitrogens is 2. The first kappa shape index (κ1) is 19.7. The predicted octanol–water partition coefficient (Wildman–Crippen LogP) is 3.78. The molecule has 152 valence electrons. The van der Waals surface area contributed by atoms with Crippen LogP contribution in [0.5, 0.6) is 0 Å². The highest BCUT2D eigenvalue weighted by Crippen LogP contribution is 2.25. The van der Waals surface area contributed by atoms with Crippen LogP contribution in [0.4, 0.5) is 11.5 Å². The molecule has 0 radical (unpaired) electrons. The van der Waals surface area contributed by atoms with E-state index >= 15 is 0 Å². The molecule has 8 heteroatoms. The van der Waals surface area contributed by atoms with Crippen molar-refractivity contribution >= 4 is 38.3 Å². The molecular formula is C22H20N4O3S. The topological polar surface area (TPSA) is 104 Å². The van der Waals surface area contributed by atoms with Crippen LogP contribution in [0.2, 0.25) is 0 Å². The fourth-order valence-corrected chi connectivity index (χ4v) is 3.75. The molecule has 4 rings (SSSR count). The van der Waals surface area contributed by atoms with Gasteiger partial charge in [0.25, 0.3) is 0 Å². The Balaban J connectivity index is 1.47. The van der Waals surface area contributed by atoms with Gasteiger partial charge in [-0.25, -0.2) is 8.42 Å². The van der Waals surface area contributed by atoms with Crippen LogP contribution in [0.1, 0.15) is 5.56 Å². The van der Waals surface area contributed by atoms with Crippen LogP contribution >= 0.6 is 0 Å². The lowest BCUT2D eigenvalue weighted by Crippen LogP contribution is -2.15. The van der Waals surface area contributed by atoms with Gasteiger partial charge in [-0.2, -0.15) is 5.10 Å². The van der Waals surface area contributed by atoms with Crippen molar-refractivity contribution in [1.29, 1.82) is 0 Å². The lowest BCUT2D eigenvalue weighted by Gasteiger charge is -2.06. The third-order valence-corrected chi connectivity index (χ3v) is 5.16. The van der Waals surface area contributed by atoms with Crippen molar-refractivity contribution in [2.75, 3.05) is 16.3 Å². The van der Waals surface area contributed by atoms with Crippen molar-refractivity contribution in [1.82, 2.24) is 10.2 Å². The zero-order valence-corrected chi connectivity index (χ0v) is 17.0. The Bertz CT molecular complexity index is 1300. The van der Waals surface area contributed by atoms with Crippen LogP contribution in [0, 0.1) is 0 Å². The zero-order chi connectivity index (χ0) is 21.1. The van der Waals surface area contributed by atoms with Crippen LogP contribution in [-0.4, -0.2) is 30.8 Å². The summed E-state index contributed by atoms with van der Waals surface area (Å²) in [4.78, 5) is 12.5. The summed E-state index contributed by atoms with van der Waals surface area (Å²) in [7, 11) is -3.40. The largest absolute Gasteiger partial charge is 0.308 e. The van der Waals surface area contributed by atoms with Crippen LogP contribution in [0.15, 0.2) is 72.8 Å². The number of rotatable bonds is 6. The van der Waals surface area contributed by atoms with Crippen molar-refractivity contribution in [2.24, 2.45) is 0 Å². The van der Waals surface area contributed by atoms with E-state index in [9.17, 15) is 13.2 Å². The highest BCUT2D eigenvalue weighted by atomic mass is 32.2. The quantitative estimate of drug-likeness (QED) is 0.441. The van der Waals surface area contributed by atoms with E-state index in [4.69, 9.17) is 0 Å². The molecule has 3 aromatic carbocycles. The van der Waals surface area contributed by atoms with E-state index in [-0.39, 0.29) is 12.3 Å². The summed E-state index contributed by atoms with van der Waals surface area (Å²) in [5.41, 5.74) is 4.18. The molecule has 0 aliphatic heterocycles. The number of amides is 1. The summed E-state index contributed by atoms with van der Waals surface area (Å²) in [6, 6.07) is 22.8. The number of fused-ring (bicyclic) bond motifs is 1. The van der Waals surface area contributed by atoms with Gasteiger partial charge in [-0.1, -0.05) is 54.6 Å². The van der Waals surface area contributed by atoms with Crippen molar-refractivity contribution in [3.8, 4) is 11.1 Å². The molecule has 7 nitrogen and oxygen atoms in total. The molecule has 1 aromatic heterocycles. The summed E-state index contributed by atoms with van der Waals surface area (Å²) in [6.07, 6.45) is 1.28. The summed E-state index contributed by atoms with van der Waals surface area (Å²) >= 11 is 0. The highest BCUT2D eigenvalue weighted by molar-refractivity contribution is 7.92. The van der Waals surface area contributed by atoms with E-state index < -0.39 is 10.0 Å². The molecule has 0 spiro atoms. The third kappa shape index (κ3) is 4.66. The summed E-state index contributed by atoms with van der Waals surface area (Å²) in [5.74, 6) is 0.144. The smallest absolute Gasteiger partial charge is 0.230 e. The number of aromatic amines is 1. The fourth-order valence-electron chi connectivity index (χ4n) is 3.19. The van der Waals surface area contributed by atoms with Gasteiger partial charge in [-0.3, -0.25) is 14.6 Å². The fraction of sp³-hybridized carbons (Fsp3) is 0.0909. The highest BCUT2D eigenvalue weighted by Gasteiger charge is 2.12. The number of nitrogens with one attached hydrogen (secondary N) is 3. The molecule has 0 unspecified atom stereocenters. The molecule has 30 heavy (non-hydrogen) atoms. The van der Waals surface area contributed by atoms with E-state index in [2.05, 4.69) is 20.2 Å². The molecule has 4 aromatic rings. The van der Waals surface area contributed by atoms with Crippen LogP contribution in [-0.2, 0) is 21.2 Å². The van der Waals surface area contributed by atoms with E-state index in [1.54, 1.807) is 18.2 Å². The van der Waals surface area contributed by atoms with E-state index in [0.29, 0.717) is 22.4 Å². The molecule has 0 aliphatic carbocycles. The summed E-state index contributed by atoms with van der Waals surface area (Å²) in [6.45, 7) is 0. The van der Waals surface area contributed by atoms with Gasteiger partial charge >= 0.3 is 0 Å². The molecule has 0 bridgehead atoms. The predicted molar refractivity (Wildman–Crippen MR) is 119 cm³/mol.